The quantitative estimate of drug-likeness (QED) is 0.776. The Morgan fingerprint density at radius 3 is 2.86 bits per heavy atom. The lowest BCUT2D eigenvalue weighted by Crippen LogP contribution is -1.89. The first-order chi connectivity index (χ1) is 6.84. The molecule has 0 amide bonds. The van der Waals surface area contributed by atoms with E-state index >= 15 is 0 Å². The SMILES string of the molecule is Clc1ccc(CSc2nncs2)nn1. The van der Waals surface area contributed by atoms with E-state index in [1.54, 1.807) is 23.3 Å². The molecule has 0 radical (unpaired) electrons. The third kappa shape index (κ3) is 2.63. The summed E-state index contributed by atoms with van der Waals surface area (Å²) in [7, 11) is 0. The standard InChI is InChI=1S/C7H5ClN4S2/c8-6-2-1-5(10-11-6)3-13-7-12-9-4-14-7/h1-2,4H,3H2. The van der Waals surface area contributed by atoms with E-state index in [-0.39, 0.29) is 0 Å². The minimum absolute atomic E-state index is 0.412. The summed E-state index contributed by atoms with van der Waals surface area (Å²) in [5.74, 6) is 0.735. The molecule has 0 aliphatic rings. The highest BCUT2D eigenvalue weighted by Crippen LogP contribution is 2.22. The van der Waals surface area contributed by atoms with Gasteiger partial charge in [-0.05, 0) is 12.1 Å². The van der Waals surface area contributed by atoms with E-state index in [0.29, 0.717) is 5.15 Å². The van der Waals surface area contributed by atoms with Crippen molar-refractivity contribution in [2.24, 2.45) is 0 Å². The third-order valence-corrected chi connectivity index (χ3v) is 3.47. The predicted molar refractivity (Wildman–Crippen MR) is 56.5 cm³/mol. The molecule has 2 heterocycles. The van der Waals surface area contributed by atoms with Crippen molar-refractivity contribution in [1.29, 1.82) is 0 Å². The Balaban J connectivity index is 1.95. The molecule has 7 heteroatoms. The van der Waals surface area contributed by atoms with Crippen LogP contribution < -0.4 is 0 Å². The first kappa shape index (κ1) is 9.82. The average Bonchev–Trinajstić information content (AvgIpc) is 2.70. The number of hydrogen-bond acceptors (Lipinski definition) is 6. The lowest BCUT2D eigenvalue weighted by atomic mass is 10.4. The molecule has 0 unspecified atom stereocenters. The van der Waals surface area contributed by atoms with Gasteiger partial charge in [0.25, 0.3) is 0 Å². The van der Waals surface area contributed by atoms with Crippen molar-refractivity contribution >= 4 is 34.7 Å². The van der Waals surface area contributed by atoms with Gasteiger partial charge in [-0.2, -0.15) is 5.10 Å². The number of rotatable bonds is 3. The summed E-state index contributed by atoms with van der Waals surface area (Å²) in [5, 5.41) is 15.7. The summed E-state index contributed by atoms with van der Waals surface area (Å²) in [6, 6.07) is 3.58. The highest BCUT2D eigenvalue weighted by molar-refractivity contribution is 8.00. The lowest BCUT2D eigenvalue weighted by Gasteiger charge is -1.95. The first-order valence-electron chi connectivity index (χ1n) is 3.71. The second-order valence-electron chi connectivity index (χ2n) is 2.34. The van der Waals surface area contributed by atoms with E-state index in [1.165, 1.54) is 11.3 Å². The van der Waals surface area contributed by atoms with Gasteiger partial charge in [-0.25, -0.2) is 0 Å². The monoisotopic (exact) mass is 244 g/mol. The molecule has 4 nitrogen and oxygen atoms in total. The van der Waals surface area contributed by atoms with Gasteiger partial charge < -0.3 is 0 Å². The second kappa shape index (κ2) is 4.68. The zero-order valence-electron chi connectivity index (χ0n) is 6.92. The van der Waals surface area contributed by atoms with Crippen LogP contribution in [0.5, 0.6) is 0 Å². The maximum atomic E-state index is 5.61. The molecule has 0 saturated carbocycles. The molecule has 2 aromatic heterocycles. The van der Waals surface area contributed by atoms with Crippen LogP contribution in [0.25, 0.3) is 0 Å². The highest BCUT2D eigenvalue weighted by Gasteiger charge is 2.00. The van der Waals surface area contributed by atoms with E-state index in [4.69, 9.17) is 11.6 Å². The number of thioether (sulfide) groups is 1. The minimum Gasteiger partial charge on any atom is -0.153 e. The normalized spacial score (nSPS) is 10.4. The van der Waals surface area contributed by atoms with Crippen LogP contribution in [-0.4, -0.2) is 20.4 Å². The van der Waals surface area contributed by atoms with Crippen LogP contribution in [0, 0.1) is 0 Å². The van der Waals surface area contributed by atoms with E-state index < -0.39 is 0 Å². The Morgan fingerprint density at radius 1 is 1.29 bits per heavy atom. The van der Waals surface area contributed by atoms with Crippen LogP contribution in [0.1, 0.15) is 5.69 Å². The van der Waals surface area contributed by atoms with Crippen molar-refractivity contribution in [3.8, 4) is 0 Å². The van der Waals surface area contributed by atoms with Crippen molar-refractivity contribution in [1.82, 2.24) is 20.4 Å². The number of halogens is 1. The molecule has 0 fully saturated rings. The fourth-order valence-corrected chi connectivity index (χ4v) is 2.27. The van der Waals surface area contributed by atoms with Crippen LogP contribution in [0.15, 0.2) is 22.0 Å². The van der Waals surface area contributed by atoms with Crippen LogP contribution >= 0.6 is 34.7 Å². The zero-order valence-corrected chi connectivity index (χ0v) is 9.31. The number of hydrogen-bond donors (Lipinski definition) is 0. The van der Waals surface area contributed by atoms with Crippen LogP contribution in [0.4, 0.5) is 0 Å². The van der Waals surface area contributed by atoms with Gasteiger partial charge in [-0.15, -0.1) is 15.3 Å². The lowest BCUT2D eigenvalue weighted by molar-refractivity contribution is 0.967. The maximum absolute atomic E-state index is 5.61. The van der Waals surface area contributed by atoms with E-state index in [2.05, 4.69) is 20.4 Å². The van der Waals surface area contributed by atoms with Crippen LogP contribution in [0.2, 0.25) is 5.15 Å². The average molecular weight is 245 g/mol. The maximum Gasteiger partial charge on any atom is 0.174 e. The van der Waals surface area contributed by atoms with Crippen molar-refractivity contribution < 1.29 is 0 Å². The predicted octanol–water partition coefficient (Wildman–Crippen LogP) is 2.27. The molecule has 0 N–H and O–H groups in total. The smallest absolute Gasteiger partial charge is 0.153 e. The molecular formula is C7H5ClN4S2. The molecular weight excluding hydrogens is 240 g/mol. The molecule has 2 aromatic rings. The molecule has 0 aromatic carbocycles. The molecule has 0 spiro atoms. The number of aromatic nitrogens is 4. The minimum atomic E-state index is 0.412. The molecule has 0 aliphatic carbocycles. The summed E-state index contributed by atoms with van der Waals surface area (Å²) in [6.07, 6.45) is 0. The van der Waals surface area contributed by atoms with Gasteiger partial charge in [0, 0.05) is 5.75 Å². The largest absolute Gasteiger partial charge is 0.174 e. The zero-order chi connectivity index (χ0) is 9.80. The van der Waals surface area contributed by atoms with Gasteiger partial charge in [0.2, 0.25) is 0 Å². The van der Waals surface area contributed by atoms with E-state index in [1.807, 2.05) is 6.07 Å². The van der Waals surface area contributed by atoms with Crippen molar-refractivity contribution in [3.05, 3.63) is 28.5 Å². The molecule has 0 saturated heterocycles. The second-order valence-corrected chi connectivity index (χ2v) is 4.78. The van der Waals surface area contributed by atoms with Crippen molar-refractivity contribution in [2.75, 3.05) is 0 Å². The highest BCUT2D eigenvalue weighted by atomic mass is 35.5. The molecule has 0 atom stereocenters. The molecule has 72 valence electrons. The summed E-state index contributed by atoms with van der Waals surface area (Å²) in [5.41, 5.74) is 2.59. The van der Waals surface area contributed by atoms with Gasteiger partial charge >= 0.3 is 0 Å². The number of nitrogens with zero attached hydrogens (tertiary/aromatic N) is 4. The van der Waals surface area contributed by atoms with Crippen molar-refractivity contribution in [2.45, 2.75) is 10.1 Å². The fraction of sp³-hybridized carbons (Fsp3) is 0.143. The summed E-state index contributed by atoms with van der Waals surface area (Å²) in [4.78, 5) is 0. The Kier molecular flexibility index (Phi) is 3.28. The van der Waals surface area contributed by atoms with Gasteiger partial charge in [0.1, 0.15) is 5.51 Å². The molecule has 0 aliphatic heterocycles. The van der Waals surface area contributed by atoms with E-state index in [0.717, 1.165) is 15.8 Å². The Hall–Kier alpha value is -0.720. The summed E-state index contributed by atoms with van der Waals surface area (Å²) >= 11 is 8.71. The topological polar surface area (TPSA) is 51.6 Å². The Morgan fingerprint density at radius 2 is 2.21 bits per heavy atom. The Labute approximate surface area is 93.7 Å². The molecule has 0 bridgehead atoms. The fourth-order valence-electron chi connectivity index (χ4n) is 0.782. The van der Waals surface area contributed by atoms with Crippen LogP contribution in [0.3, 0.4) is 0 Å². The van der Waals surface area contributed by atoms with Crippen molar-refractivity contribution in [3.63, 3.8) is 0 Å². The van der Waals surface area contributed by atoms with Gasteiger partial charge in [-0.1, -0.05) is 34.7 Å². The van der Waals surface area contributed by atoms with Crippen LogP contribution in [-0.2, 0) is 5.75 Å². The van der Waals surface area contributed by atoms with Gasteiger partial charge in [-0.3, -0.25) is 0 Å². The van der Waals surface area contributed by atoms with E-state index in [9.17, 15) is 0 Å². The Bertz CT molecular complexity index is 389. The molecule has 14 heavy (non-hydrogen) atoms. The molecule has 2 rings (SSSR count). The van der Waals surface area contributed by atoms with Gasteiger partial charge in [0.05, 0.1) is 5.69 Å². The third-order valence-electron chi connectivity index (χ3n) is 1.37. The summed E-state index contributed by atoms with van der Waals surface area (Å²) in [6.45, 7) is 0. The summed E-state index contributed by atoms with van der Waals surface area (Å²) < 4.78 is 0.932. The van der Waals surface area contributed by atoms with Gasteiger partial charge in [0.15, 0.2) is 9.49 Å². The first-order valence-corrected chi connectivity index (χ1v) is 5.96.